The fourth-order valence-corrected chi connectivity index (χ4v) is 5.00. The summed E-state index contributed by atoms with van der Waals surface area (Å²) >= 11 is 0. The second kappa shape index (κ2) is 7.04. The third-order valence-corrected chi connectivity index (χ3v) is 6.83. The van der Waals surface area contributed by atoms with Crippen LogP contribution in [0.2, 0.25) is 0 Å². The van der Waals surface area contributed by atoms with Crippen LogP contribution >= 0.6 is 0 Å². The van der Waals surface area contributed by atoms with Gasteiger partial charge < -0.3 is 20.1 Å². The van der Waals surface area contributed by atoms with Crippen LogP contribution in [0.3, 0.4) is 0 Å². The van der Waals surface area contributed by atoms with Gasteiger partial charge in [0.1, 0.15) is 5.54 Å². The average Bonchev–Trinajstić information content (AvgIpc) is 3.40. The first-order valence-electron chi connectivity index (χ1n) is 10.7. The normalized spacial score (nSPS) is 26.8. The summed E-state index contributed by atoms with van der Waals surface area (Å²) in [4.78, 5) is 44.4. The molecule has 2 aromatic rings. The maximum Gasteiger partial charge on any atom is 0.322 e. The highest BCUT2D eigenvalue weighted by atomic mass is 16.2. The van der Waals surface area contributed by atoms with Gasteiger partial charge in [-0.1, -0.05) is 0 Å². The number of H-pyrrole nitrogens is 1. The van der Waals surface area contributed by atoms with Crippen molar-refractivity contribution in [2.75, 3.05) is 24.5 Å². The van der Waals surface area contributed by atoms with E-state index in [2.05, 4.69) is 51.7 Å². The standard InChI is InChI=1S/C22H27N5O3/c1-14-13-26(10-11-27(14)17-4-5-18-15(12-17)7-9-23-18)19(28)6-8-22(16-2-3-16)20(29)24-21(30)25-22/h4-5,7,9,12,14,16,23H,2-3,6,8,10-11,13H2,1H3,(H2,24,25,29,30)/t14-,22?/m0/s1. The van der Waals surface area contributed by atoms with Crippen molar-refractivity contribution in [2.45, 2.75) is 44.2 Å². The Balaban J connectivity index is 1.22. The van der Waals surface area contributed by atoms with Gasteiger partial charge in [0.2, 0.25) is 5.91 Å². The smallest absolute Gasteiger partial charge is 0.322 e. The fraction of sp³-hybridized carbons (Fsp3) is 0.500. The first kappa shape index (κ1) is 19.0. The SMILES string of the molecule is C[C@H]1CN(C(=O)CCC2(C3CC3)NC(=O)NC2=O)CCN1c1ccc2[nH]ccc2c1. The van der Waals surface area contributed by atoms with Gasteiger partial charge in [0.05, 0.1) is 0 Å². The molecule has 5 rings (SSSR count). The van der Waals surface area contributed by atoms with E-state index in [1.165, 1.54) is 11.1 Å². The minimum absolute atomic E-state index is 0.0524. The molecular formula is C22H27N5O3. The van der Waals surface area contributed by atoms with Gasteiger partial charge in [-0.15, -0.1) is 0 Å². The van der Waals surface area contributed by atoms with Crippen molar-refractivity contribution in [1.82, 2.24) is 20.5 Å². The molecule has 2 saturated heterocycles. The summed E-state index contributed by atoms with van der Waals surface area (Å²) < 4.78 is 0. The Morgan fingerprint density at radius 1 is 1.20 bits per heavy atom. The van der Waals surface area contributed by atoms with E-state index in [1.807, 2.05) is 11.1 Å². The number of carbonyl (C=O) groups is 3. The Hall–Kier alpha value is -3.03. The summed E-state index contributed by atoms with van der Waals surface area (Å²) in [6.45, 7) is 4.22. The van der Waals surface area contributed by atoms with E-state index < -0.39 is 11.6 Å². The zero-order valence-corrected chi connectivity index (χ0v) is 17.1. The molecule has 30 heavy (non-hydrogen) atoms. The van der Waals surface area contributed by atoms with Crippen molar-refractivity contribution >= 4 is 34.4 Å². The van der Waals surface area contributed by atoms with E-state index in [1.54, 1.807) is 0 Å². The largest absolute Gasteiger partial charge is 0.365 e. The van der Waals surface area contributed by atoms with Crippen LogP contribution in [0, 0.1) is 5.92 Å². The monoisotopic (exact) mass is 409 g/mol. The number of amides is 4. The molecule has 0 radical (unpaired) electrons. The molecule has 158 valence electrons. The minimum atomic E-state index is -0.897. The first-order valence-corrected chi connectivity index (χ1v) is 10.7. The Bertz CT molecular complexity index is 1010. The molecule has 2 aliphatic heterocycles. The molecule has 1 aliphatic carbocycles. The topological polar surface area (TPSA) is 97.5 Å². The van der Waals surface area contributed by atoms with Crippen molar-refractivity contribution < 1.29 is 14.4 Å². The van der Waals surface area contributed by atoms with Crippen LogP contribution in [0.25, 0.3) is 10.9 Å². The molecule has 2 atom stereocenters. The number of aromatic amines is 1. The van der Waals surface area contributed by atoms with E-state index in [9.17, 15) is 14.4 Å². The van der Waals surface area contributed by atoms with E-state index in [0.29, 0.717) is 19.5 Å². The zero-order chi connectivity index (χ0) is 20.9. The van der Waals surface area contributed by atoms with Gasteiger partial charge in [-0.25, -0.2) is 4.79 Å². The van der Waals surface area contributed by atoms with E-state index in [0.717, 1.165) is 24.9 Å². The number of hydrogen-bond acceptors (Lipinski definition) is 4. The number of carbonyl (C=O) groups excluding carboxylic acids is 3. The van der Waals surface area contributed by atoms with Gasteiger partial charge in [-0.3, -0.25) is 14.9 Å². The molecule has 1 aromatic heterocycles. The molecular weight excluding hydrogens is 382 g/mol. The van der Waals surface area contributed by atoms with Gasteiger partial charge in [0.15, 0.2) is 0 Å². The van der Waals surface area contributed by atoms with Gasteiger partial charge >= 0.3 is 6.03 Å². The second-order valence-corrected chi connectivity index (χ2v) is 8.79. The van der Waals surface area contributed by atoms with Gasteiger partial charge in [0.25, 0.3) is 5.91 Å². The van der Waals surface area contributed by atoms with Crippen molar-refractivity contribution in [3.8, 4) is 0 Å². The van der Waals surface area contributed by atoms with Crippen LogP contribution < -0.4 is 15.5 Å². The molecule has 3 aliphatic rings. The summed E-state index contributed by atoms with van der Waals surface area (Å²) in [5.41, 5.74) is 1.39. The molecule has 4 amide bonds. The summed E-state index contributed by atoms with van der Waals surface area (Å²) in [6, 6.07) is 8.21. The number of hydrogen-bond donors (Lipinski definition) is 3. The number of anilines is 1. The van der Waals surface area contributed by atoms with Crippen LogP contribution in [-0.4, -0.2) is 58.9 Å². The Kier molecular flexibility index (Phi) is 4.45. The summed E-state index contributed by atoms with van der Waals surface area (Å²) in [7, 11) is 0. The predicted octanol–water partition coefficient (Wildman–Crippen LogP) is 1.97. The van der Waals surface area contributed by atoms with Crippen molar-refractivity contribution in [3.63, 3.8) is 0 Å². The molecule has 3 heterocycles. The number of piperazine rings is 1. The highest BCUT2D eigenvalue weighted by Crippen LogP contribution is 2.43. The quantitative estimate of drug-likeness (QED) is 0.658. The summed E-state index contributed by atoms with van der Waals surface area (Å²) in [5, 5.41) is 6.34. The molecule has 3 fully saturated rings. The highest BCUT2D eigenvalue weighted by molar-refractivity contribution is 6.07. The van der Waals surface area contributed by atoms with E-state index >= 15 is 0 Å². The van der Waals surface area contributed by atoms with Gasteiger partial charge in [0, 0.05) is 54.9 Å². The number of fused-ring (bicyclic) bond motifs is 1. The Labute approximate surface area is 175 Å². The van der Waals surface area contributed by atoms with E-state index in [4.69, 9.17) is 0 Å². The molecule has 0 bridgehead atoms. The molecule has 3 N–H and O–H groups in total. The van der Waals surface area contributed by atoms with Crippen LogP contribution in [0.15, 0.2) is 30.5 Å². The van der Waals surface area contributed by atoms with Crippen LogP contribution in [-0.2, 0) is 9.59 Å². The zero-order valence-electron chi connectivity index (χ0n) is 17.1. The Morgan fingerprint density at radius 3 is 2.73 bits per heavy atom. The van der Waals surface area contributed by atoms with Crippen molar-refractivity contribution in [3.05, 3.63) is 30.5 Å². The number of rotatable bonds is 5. The average molecular weight is 409 g/mol. The lowest BCUT2D eigenvalue weighted by molar-refractivity contribution is -0.133. The minimum Gasteiger partial charge on any atom is -0.365 e. The van der Waals surface area contributed by atoms with E-state index in [-0.39, 0.29) is 30.2 Å². The first-order chi connectivity index (χ1) is 14.5. The number of nitrogens with one attached hydrogen (secondary N) is 3. The van der Waals surface area contributed by atoms with Crippen LogP contribution in [0.1, 0.15) is 32.6 Å². The van der Waals surface area contributed by atoms with Crippen molar-refractivity contribution in [1.29, 1.82) is 0 Å². The third-order valence-electron chi connectivity index (χ3n) is 6.83. The number of imide groups is 1. The lowest BCUT2D eigenvalue weighted by Crippen LogP contribution is -2.54. The molecule has 8 nitrogen and oxygen atoms in total. The maximum atomic E-state index is 12.9. The van der Waals surface area contributed by atoms with Crippen LogP contribution in [0.5, 0.6) is 0 Å². The van der Waals surface area contributed by atoms with Crippen molar-refractivity contribution in [2.24, 2.45) is 5.92 Å². The molecule has 1 saturated carbocycles. The van der Waals surface area contributed by atoms with Gasteiger partial charge in [-0.2, -0.15) is 0 Å². The molecule has 1 unspecified atom stereocenters. The number of aromatic nitrogens is 1. The molecule has 1 aromatic carbocycles. The third kappa shape index (κ3) is 3.20. The predicted molar refractivity (Wildman–Crippen MR) is 113 cm³/mol. The highest BCUT2D eigenvalue weighted by Gasteiger charge is 2.55. The lowest BCUT2D eigenvalue weighted by atomic mass is 9.87. The summed E-state index contributed by atoms with van der Waals surface area (Å²) in [5.74, 6) is -0.0754. The fourth-order valence-electron chi connectivity index (χ4n) is 5.00. The Morgan fingerprint density at radius 2 is 2.03 bits per heavy atom. The summed E-state index contributed by atoms with van der Waals surface area (Å²) in [6.07, 6.45) is 4.42. The van der Waals surface area contributed by atoms with Crippen LogP contribution in [0.4, 0.5) is 10.5 Å². The number of nitrogens with zero attached hydrogens (tertiary/aromatic N) is 2. The molecule has 0 spiro atoms. The molecule has 8 heteroatoms. The lowest BCUT2D eigenvalue weighted by Gasteiger charge is -2.41. The van der Waals surface area contributed by atoms with Gasteiger partial charge in [-0.05, 0) is 56.4 Å². The second-order valence-electron chi connectivity index (χ2n) is 8.79. The number of urea groups is 1. The number of benzene rings is 1. The maximum absolute atomic E-state index is 12.9.